The SMILES string of the molecule is CCCCCC#CCC/C=C\CCCCCCCCOCC(CC)(COCCCCCCCC/C=C\C/C=C\CCCCC)N(C)C. The van der Waals surface area contributed by atoms with Crippen molar-refractivity contribution in [2.45, 2.75) is 193 Å². The van der Waals surface area contributed by atoms with Gasteiger partial charge in [0.15, 0.2) is 0 Å². The number of hydrogen-bond acceptors (Lipinski definition) is 3. The molecule has 1 unspecified atom stereocenters. The summed E-state index contributed by atoms with van der Waals surface area (Å²) in [6.45, 7) is 10.0. The van der Waals surface area contributed by atoms with Crippen LogP contribution in [0.5, 0.6) is 0 Å². The number of allylic oxidation sites excluding steroid dienone is 6. The summed E-state index contributed by atoms with van der Waals surface area (Å²) in [5.41, 5.74) is -0.0207. The molecule has 0 amide bonds. The van der Waals surface area contributed by atoms with Crippen molar-refractivity contribution in [3.63, 3.8) is 0 Å². The average molecular weight is 656 g/mol. The Kier molecular flexibility index (Phi) is 36.4. The van der Waals surface area contributed by atoms with Crippen LogP contribution in [0.15, 0.2) is 36.5 Å². The van der Waals surface area contributed by atoms with Crippen LogP contribution in [0.4, 0.5) is 0 Å². The smallest absolute Gasteiger partial charge is 0.0672 e. The lowest BCUT2D eigenvalue weighted by Crippen LogP contribution is -2.51. The van der Waals surface area contributed by atoms with E-state index in [1.165, 1.54) is 135 Å². The lowest BCUT2D eigenvalue weighted by atomic mass is 9.97. The van der Waals surface area contributed by atoms with Crippen LogP contribution in [0.1, 0.15) is 188 Å². The molecule has 1 atom stereocenters. The van der Waals surface area contributed by atoms with Crippen molar-refractivity contribution in [1.29, 1.82) is 0 Å². The Hall–Kier alpha value is -1.34. The van der Waals surface area contributed by atoms with Gasteiger partial charge in [0.05, 0.1) is 18.8 Å². The number of ether oxygens (including phenoxy) is 2. The standard InChI is InChI=1S/C44H81NO2/c1-6-9-11-13-15-17-19-21-23-25-27-29-31-33-35-37-39-41-47-43-44(8-3,45(4)5)42-46-40-38-36-34-32-30-28-26-24-22-20-18-16-14-12-10-7-2/h16,18,22-25H,6-14,19-21,26-43H2,1-5H3/b18-16-,24-22-,25-23-. The van der Waals surface area contributed by atoms with Gasteiger partial charge in [-0.1, -0.05) is 134 Å². The molecule has 0 bridgehead atoms. The predicted octanol–water partition coefficient (Wildman–Crippen LogP) is 13.2. The van der Waals surface area contributed by atoms with Crippen molar-refractivity contribution in [2.24, 2.45) is 0 Å². The first-order valence-electron chi connectivity index (χ1n) is 20.4. The minimum absolute atomic E-state index is 0.0207. The zero-order valence-electron chi connectivity index (χ0n) is 32.4. The number of unbranched alkanes of at least 4 members (excludes halogenated alkanes) is 19. The zero-order valence-corrected chi connectivity index (χ0v) is 32.4. The Bertz CT molecular complexity index is 773. The summed E-state index contributed by atoms with van der Waals surface area (Å²) in [5.74, 6) is 6.61. The maximum Gasteiger partial charge on any atom is 0.0672 e. The summed E-state index contributed by atoms with van der Waals surface area (Å²) in [6.07, 6.45) is 46.5. The van der Waals surface area contributed by atoms with Gasteiger partial charge in [-0.15, -0.1) is 11.8 Å². The van der Waals surface area contributed by atoms with E-state index in [9.17, 15) is 0 Å². The molecule has 0 aromatic carbocycles. The molecule has 0 aliphatic carbocycles. The van der Waals surface area contributed by atoms with Crippen LogP contribution in [-0.2, 0) is 9.47 Å². The van der Waals surface area contributed by atoms with Crippen LogP contribution < -0.4 is 0 Å². The Balaban J connectivity index is 3.72. The highest BCUT2D eigenvalue weighted by molar-refractivity contribution is 5.00. The second kappa shape index (κ2) is 37.5. The minimum atomic E-state index is -0.0207. The van der Waals surface area contributed by atoms with E-state index in [-0.39, 0.29) is 5.54 Å². The van der Waals surface area contributed by atoms with Gasteiger partial charge >= 0.3 is 0 Å². The van der Waals surface area contributed by atoms with Crippen LogP contribution in [0.25, 0.3) is 0 Å². The summed E-state index contributed by atoms with van der Waals surface area (Å²) >= 11 is 0. The van der Waals surface area contributed by atoms with Gasteiger partial charge < -0.3 is 9.47 Å². The number of nitrogens with zero attached hydrogens (tertiary/aromatic N) is 1. The lowest BCUT2D eigenvalue weighted by molar-refractivity contribution is -0.0454. The molecule has 47 heavy (non-hydrogen) atoms. The van der Waals surface area contributed by atoms with Crippen LogP contribution in [0, 0.1) is 11.8 Å². The Morgan fingerprint density at radius 3 is 1.40 bits per heavy atom. The van der Waals surface area contributed by atoms with Crippen LogP contribution in [-0.4, -0.2) is 51.0 Å². The van der Waals surface area contributed by atoms with Crippen LogP contribution >= 0.6 is 0 Å². The molecule has 0 aromatic heterocycles. The molecule has 3 nitrogen and oxygen atoms in total. The second-order valence-corrected chi connectivity index (χ2v) is 13.9. The number of rotatable bonds is 35. The van der Waals surface area contributed by atoms with E-state index in [0.717, 1.165) is 58.5 Å². The molecular weight excluding hydrogens is 574 g/mol. The number of likely N-dealkylation sites (N-methyl/N-ethyl adjacent to an activating group) is 1. The zero-order chi connectivity index (χ0) is 34.4. The van der Waals surface area contributed by atoms with E-state index in [1.807, 2.05) is 0 Å². The van der Waals surface area contributed by atoms with Gasteiger partial charge in [-0.2, -0.15) is 0 Å². The molecule has 0 aliphatic rings. The first-order valence-corrected chi connectivity index (χ1v) is 20.4. The monoisotopic (exact) mass is 656 g/mol. The van der Waals surface area contributed by atoms with Crippen molar-refractivity contribution in [2.75, 3.05) is 40.5 Å². The van der Waals surface area contributed by atoms with Crippen molar-refractivity contribution in [1.82, 2.24) is 4.90 Å². The molecular formula is C44H81NO2. The first-order chi connectivity index (χ1) is 23.1. The molecule has 0 aliphatic heterocycles. The fraction of sp³-hybridized carbons (Fsp3) is 0.818. The third kappa shape index (κ3) is 31.7. The molecule has 0 fully saturated rings. The van der Waals surface area contributed by atoms with Gasteiger partial charge in [-0.05, 0) is 91.1 Å². The summed E-state index contributed by atoms with van der Waals surface area (Å²) in [6, 6.07) is 0. The second-order valence-electron chi connectivity index (χ2n) is 13.9. The highest BCUT2D eigenvalue weighted by Gasteiger charge is 2.31. The first kappa shape index (κ1) is 45.7. The van der Waals surface area contributed by atoms with Crippen molar-refractivity contribution in [3.8, 4) is 11.8 Å². The Labute approximate surface area is 295 Å². The van der Waals surface area contributed by atoms with Gasteiger partial charge in [0.2, 0.25) is 0 Å². The minimum Gasteiger partial charge on any atom is -0.379 e. The third-order valence-corrected chi connectivity index (χ3v) is 9.38. The normalized spacial score (nSPS) is 13.3. The van der Waals surface area contributed by atoms with Gasteiger partial charge in [0.1, 0.15) is 0 Å². The van der Waals surface area contributed by atoms with E-state index < -0.39 is 0 Å². The molecule has 0 rings (SSSR count). The van der Waals surface area contributed by atoms with E-state index in [2.05, 4.69) is 88.1 Å². The third-order valence-electron chi connectivity index (χ3n) is 9.38. The van der Waals surface area contributed by atoms with Gasteiger partial charge in [-0.25, -0.2) is 0 Å². The van der Waals surface area contributed by atoms with Gasteiger partial charge in [0, 0.05) is 26.1 Å². The molecule has 0 radical (unpaired) electrons. The maximum atomic E-state index is 6.21. The summed E-state index contributed by atoms with van der Waals surface area (Å²) in [5, 5.41) is 0. The van der Waals surface area contributed by atoms with Crippen molar-refractivity contribution in [3.05, 3.63) is 36.5 Å². The molecule has 0 heterocycles. The number of hydrogen-bond donors (Lipinski definition) is 0. The quantitative estimate of drug-likeness (QED) is 0.0385. The molecule has 0 saturated carbocycles. The summed E-state index contributed by atoms with van der Waals surface area (Å²) in [4.78, 5) is 2.32. The largest absolute Gasteiger partial charge is 0.379 e. The predicted molar refractivity (Wildman–Crippen MR) is 210 cm³/mol. The van der Waals surface area contributed by atoms with Crippen molar-refractivity contribution >= 4 is 0 Å². The topological polar surface area (TPSA) is 21.7 Å². The molecule has 274 valence electrons. The molecule has 0 N–H and O–H groups in total. The molecule has 3 heteroatoms. The molecule has 0 saturated heterocycles. The summed E-state index contributed by atoms with van der Waals surface area (Å²) in [7, 11) is 4.35. The van der Waals surface area contributed by atoms with Gasteiger partial charge in [-0.3, -0.25) is 4.90 Å². The average Bonchev–Trinajstić information content (AvgIpc) is 3.07. The molecule has 0 aromatic rings. The highest BCUT2D eigenvalue weighted by atomic mass is 16.5. The van der Waals surface area contributed by atoms with E-state index in [1.54, 1.807) is 0 Å². The Morgan fingerprint density at radius 1 is 0.468 bits per heavy atom. The van der Waals surface area contributed by atoms with E-state index in [0.29, 0.717) is 0 Å². The van der Waals surface area contributed by atoms with E-state index in [4.69, 9.17) is 9.47 Å². The highest BCUT2D eigenvalue weighted by Crippen LogP contribution is 2.19. The van der Waals surface area contributed by atoms with E-state index >= 15 is 0 Å². The lowest BCUT2D eigenvalue weighted by Gasteiger charge is -2.38. The summed E-state index contributed by atoms with van der Waals surface area (Å²) < 4.78 is 12.4. The van der Waals surface area contributed by atoms with Crippen LogP contribution in [0.3, 0.4) is 0 Å². The maximum absolute atomic E-state index is 6.21. The van der Waals surface area contributed by atoms with Crippen LogP contribution in [0.2, 0.25) is 0 Å². The van der Waals surface area contributed by atoms with Crippen molar-refractivity contribution < 1.29 is 9.47 Å². The fourth-order valence-electron chi connectivity index (χ4n) is 5.74. The Morgan fingerprint density at radius 2 is 0.894 bits per heavy atom. The van der Waals surface area contributed by atoms with Gasteiger partial charge in [0.25, 0.3) is 0 Å². The fourth-order valence-corrected chi connectivity index (χ4v) is 5.74. The molecule has 0 spiro atoms.